The van der Waals surface area contributed by atoms with E-state index in [2.05, 4.69) is 0 Å². The highest BCUT2D eigenvalue weighted by Crippen LogP contribution is 2.29. The van der Waals surface area contributed by atoms with Crippen LogP contribution in [0.2, 0.25) is 0 Å². The first-order valence-corrected chi connectivity index (χ1v) is 8.19. The zero-order valence-corrected chi connectivity index (χ0v) is 12.7. The maximum atomic E-state index is 12.7. The van der Waals surface area contributed by atoms with Crippen molar-refractivity contribution < 1.29 is 23.2 Å². The van der Waals surface area contributed by atoms with Gasteiger partial charge in [-0.2, -0.15) is 4.31 Å². The van der Waals surface area contributed by atoms with Crippen LogP contribution in [0.25, 0.3) is 0 Å². The van der Waals surface area contributed by atoms with Gasteiger partial charge < -0.3 is 5.11 Å². The lowest BCUT2D eigenvalue weighted by atomic mass is 10.1. The molecule has 9 heteroatoms. The minimum absolute atomic E-state index is 0.0914. The monoisotopic (exact) mass is 328 g/mol. The van der Waals surface area contributed by atoms with E-state index in [4.69, 9.17) is 0 Å². The molecule has 0 aromatic heterocycles. The highest BCUT2D eigenvalue weighted by Gasteiger charge is 2.38. The largest absolute Gasteiger partial charge is 0.480 e. The van der Waals surface area contributed by atoms with Gasteiger partial charge in [0.2, 0.25) is 10.0 Å². The zero-order valence-electron chi connectivity index (χ0n) is 11.9. The van der Waals surface area contributed by atoms with Gasteiger partial charge in [0.1, 0.15) is 6.04 Å². The Labute approximate surface area is 127 Å². The van der Waals surface area contributed by atoms with Crippen LogP contribution in [0, 0.1) is 17.0 Å². The number of benzene rings is 1. The number of hydrogen-bond acceptors (Lipinski definition) is 5. The molecule has 8 nitrogen and oxygen atoms in total. The zero-order chi connectivity index (χ0) is 16.5. The van der Waals surface area contributed by atoms with Gasteiger partial charge in [0.05, 0.1) is 9.82 Å². The van der Waals surface area contributed by atoms with Gasteiger partial charge in [-0.25, -0.2) is 8.42 Å². The number of non-ortho nitro benzene ring substituents is 1. The second-order valence-corrected chi connectivity index (χ2v) is 7.03. The minimum atomic E-state index is -4.00. The Morgan fingerprint density at radius 1 is 1.41 bits per heavy atom. The molecule has 1 aliphatic rings. The first-order valence-electron chi connectivity index (χ1n) is 6.75. The van der Waals surface area contributed by atoms with Crippen LogP contribution < -0.4 is 0 Å². The molecule has 120 valence electrons. The van der Waals surface area contributed by atoms with Crippen LogP contribution >= 0.6 is 0 Å². The van der Waals surface area contributed by atoms with E-state index >= 15 is 0 Å². The fraction of sp³-hybridized carbons (Fsp3) is 0.462. The van der Waals surface area contributed by atoms with Crippen LogP contribution in [0.3, 0.4) is 0 Å². The second-order valence-electron chi connectivity index (χ2n) is 5.17. The number of nitro groups is 1. The molecule has 0 bridgehead atoms. The number of piperidine rings is 1. The predicted molar refractivity (Wildman–Crippen MR) is 77.0 cm³/mol. The number of nitro benzene ring substituents is 1. The summed E-state index contributed by atoms with van der Waals surface area (Å²) >= 11 is 0. The van der Waals surface area contributed by atoms with Gasteiger partial charge in [-0.3, -0.25) is 14.9 Å². The quantitative estimate of drug-likeness (QED) is 0.661. The van der Waals surface area contributed by atoms with E-state index in [9.17, 15) is 28.4 Å². The van der Waals surface area contributed by atoms with Crippen molar-refractivity contribution in [2.24, 2.45) is 0 Å². The summed E-state index contributed by atoms with van der Waals surface area (Å²) < 4.78 is 26.4. The SMILES string of the molecule is Cc1cc([N+](=O)[O-])ccc1S(=O)(=O)N1CCCCC1C(=O)O. The summed E-state index contributed by atoms with van der Waals surface area (Å²) in [7, 11) is -4.00. The second kappa shape index (κ2) is 6.01. The van der Waals surface area contributed by atoms with E-state index in [0.717, 1.165) is 16.4 Å². The molecule has 1 unspecified atom stereocenters. The Hall–Kier alpha value is -2.00. The lowest BCUT2D eigenvalue weighted by Gasteiger charge is -2.32. The molecule has 1 atom stereocenters. The van der Waals surface area contributed by atoms with E-state index < -0.39 is 27.0 Å². The third-order valence-electron chi connectivity index (χ3n) is 3.69. The Kier molecular flexibility index (Phi) is 4.47. The predicted octanol–water partition coefficient (Wildman–Crippen LogP) is 1.53. The average Bonchev–Trinajstić information content (AvgIpc) is 2.46. The Balaban J connectivity index is 2.45. The van der Waals surface area contributed by atoms with Crippen molar-refractivity contribution >= 4 is 21.7 Å². The summed E-state index contributed by atoms with van der Waals surface area (Å²) in [6.45, 7) is 1.59. The van der Waals surface area contributed by atoms with Gasteiger partial charge in [-0.15, -0.1) is 0 Å². The number of nitrogens with zero attached hydrogens (tertiary/aromatic N) is 2. The minimum Gasteiger partial charge on any atom is -0.480 e. The van der Waals surface area contributed by atoms with Gasteiger partial charge in [0.25, 0.3) is 5.69 Å². The molecule has 1 N–H and O–H groups in total. The Morgan fingerprint density at radius 2 is 2.09 bits per heavy atom. The van der Waals surface area contributed by atoms with E-state index in [-0.39, 0.29) is 29.1 Å². The van der Waals surface area contributed by atoms with Gasteiger partial charge in [-0.1, -0.05) is 0 Å². The summed E-state index contributed by atoms with van der Waals surface area (Å²) in [6.07, 6.45) is 1.51. The maximum absolute atomic E-state index is 12.7. The van der Waals surface area contributed by atoms with Crippen molar-refractivity contribution in [3.8, 4) is 0 Å². The van der Waals surface area contributed by atoms with Crippen LogP contribution in [-0.2, 0) is 14.8 Å². The summed E-state index contributed by atoms with van der Waals surface area (Å²) in [5.74, 6) is -1.18. The Bertz CT molecular complexity index is 715. The van der Waals surface area contributed by atoms with E-state index in [1.165, 1.54) is 13.0 Å². The molecule has 0 spiro atoms. The van der Waals surface area contributed by atoms with Gasteiger partial charge in [0.15, 0.2) is 0 Å². The molecule has 1 aliphatic heterocycles. The number of carboxylic acid groups (broad SMARTS) is 1. The molecule has 1 aromatic rings. The summed E-state index contributed by atoms with van der Waals surface area (Å²) in [5, 5.41) is 19.9. The van der Waals surface area contributed by atoms with Gasteiger partial charge in [-0.05, 0) is 37.8 Å². The van der Waals surface area contributed by atoms with Crippen molar-refractivity contribution in [3.63, 3.8) is 0 Å². The number of aryl methyl sites for hydroxylation is 1. The molecule has 1 aromatic carbocycles. The summed E-state index contributed by atoms with van der Waals surface area (Å²) in [4.78, 5) is 21.3. The van der Waals surface area contributed by atoms with Gasteiger partial charge >= 0.3 is 5.97 Å². The standard InChI is InChI=1S/C13H16N2O6S/c1-9-8-10(15(18)19)5-6-12(9)22(20,21)14-7-3-2-4-11(14)13(16)17/h5-6,8,11H,2-4,7H2,1H3,(H,16,17). The number of rotatable bonds is 4. The van der Waals surface area contributed by atoms with E-state index in [1.54, 1.807) is 0 Å². The van der Waals surface area contributed by atoms with Crippen LogP contribution in [0.5, 0.6) is 0 Å². The molecule has 1 saturated heterocycles. The van der Waals surface area contributed by atoms with Gasteiger partial charge in [0, 0.05) is 18.7 Å². The molecule has 0 amide bonds. The number of carboxylic acids is 1. The molecule has 2 rings (SSSR count). The molecule has 1 heterocycles. The third-order valence-corrected chi connectivity index (χ3v) is 5.76. The van der Waals surface area contributed by atoms with Crippen LogP contribution in [0.15, 0.2) is 23.1 Å². The topological polar surface area (TPSA) is 118 Å². The lowest BCUT2D eigenvalue weighted by molar-refractivity contribution is -0.385. The highest BCUT2D eigenvalue weighted by molar-refractivity contribution is 7.89. The summed E-state index contributed by atoms with van der Waals surface area (Å²) in [5.41, 5.74) is 0.0220. The first kappa shape index (κ1) is 16.4. The number of aliphatic carboxylic acids is 1. The smallest absolute Gasteiger partial charge is 0.322 e. The van der Waals surface area contributed by atoms with Crippen LogP contribution in [0.1, 0.15) is 24.8 Å². The summed E-state index contributed by atoms with van der Waals surface area (Å²) in [6, 6.07) is 2.36. The number of hydrogen-bond donors (Lipinski definition) is 1. The maximum Gasteiger partial charge on any atom is 0.322 e. The van der Waals surface area contributed by atoms with Crippen molar-refractivity contribution in [3.05, 3.63) is 33.9 Å². The highest BCUT2D eigenvalue weighted by atomic mass is 32.2. The normalized spacial score (nSPS) is 19.8. The lowest BCUT2D eigenvalue weighted by Crippen LogP contribution is -2.47. The van der Waals surface area contributed by atoms with Crippen molar-refractivity contribution in [1.29, 1.82) is 0 Å². The molecule has 22 heavy (non-hydrogen) atoms. The van der Waals surface area contributed by atoms with Crippen LogP contribution in [0.4, 0.5) is 5.69 Å². The molecular formula is C13H16N2O6S. The number of carbonyl (C=O) groups is 1. The molecular weight excluding hydrogens is 312 g/mol. The fourth-order valence-corrected chi connectivity index (χ4v) is 4.46. The average molecular weight is 328 g/mol. The molecule has 1 fully saturated rings. The van der Waals surface area contributed by atoms with Crippen molar-refractivity contribution in [2.45, 2.75) is 37.1 Å². The molecule has 0 aliphatic carbocycles. The molecule has 0 radical (unpaired) electrons. The van der Waals surface area contributed by atoms with E-state index in [0.29, 0.717) is 12.8 Å². The molecule has 0 saturated carbocycles. The Morgan fingerprint density at radius 3 is 2.64 bits per heavy atom. The van der Waals surface area contributed by atoms with Crippen LogP contribution in [-0.4, -0.2) is 41.3 Å². The van der Waals surface area contributed by atoms with Crippen molar-refractivity contribution in [1.82, 2.24) is 4.31 Å². The first-order chi connectivity index (χ1) is 10.2. The fourth-order valence-electron chi connectivity index (χ4n) is 2.60. The third kappa shape index (κ3) is 2.95. The number of sulfonamides is 1. The van der Waals surface area contributed by atoms with Crippen molar-refractivity contribution in [2.75, 3.05) is 6.54 Å². The van der Waals surface area contributed by atoms with E-state index in [1.807, 2.05) is 0 Å².